The number of hydrogen-bond acceptors (Lipinski definition) is 10. The molecule has 2 atom stereocenters. The van der Waals surface area contributed by atoms with Crippen molar-refractivity contribution in [2.24, 2.45) is 11.7 Å². The zero-order valence-corrected chi connectivity index (χ0v) is 26.7. The molecular weight excluding hydrogens is 602 g/mol. The molecule has 0 saturated carbocycles. The van der Waals surface area contributed by atoms with Gasteiger partial charge in [-0.25, -0.2) is 14.4 Å². The molecule has 46 heavy (non-hydrogen) atoms. The number of nitrogens with zero attached hydrogens (tertiary/aromatic N) is 1. The van der Waals surface area contributed by atoms with Crippen molar-refractivity contribution in [1.29, 1.82) is 0 Å². The summed E-state index contributed by atoms with van der Waals surface area (Å²) in [6.07, 6.45) is -1.34. The number of nitrogens with two attached hydrogens (primary N) is 1. The summed E-state index contributed by atoms with van der Waals surface area (Å²) in [6.45, 7) is 10.3. The second-order valence-electron chi connectivity index (χ2n) is 11.8. The van der Waals surface area contributed by atoms with E-state index in [0.29, 0.717) is 17.5 Å². The Bertz CT molecular complexity index is 1420. The minimum atomic E-state index is -1.03. The van der Waals surface area contributed by atoms with Gasteiger partial charge in [-0.2, -0.15) is 0 Å². The van der Waals surface area contributed by atoms with Crippen LogP contribution in [0, 0.1) is 23.0 Å². The van der Waals surface area contributed by atoms with Gasteiger partial charge in [0.05, 0.1) is 11.0 Å². The van der Waals surface area contributed by atoms with Gasteiger partial charge in [-0.3, -0.25) is 19.7 Å². The van der Waals surface area contributed by atoms with E-state index >= 15 is 0 Å². The highest BCUT2D eigenvalue weighted by molar-refractivity contribution is 6.02. The van der Waals surface area contributed by atoms with Crippen molar-refractivity contribution in [1.82, 2.24) is 16.0 Å². The van der Waals surface area contributed by atoms with Gasteiger partial charge < -0.3 is 35.9 Å². The highest BCUT2D eigenvalue weighted by Crippen LogP contribution is 2.19. The number of primary amides is 1. The van der Waals surface area contributed by atoms with Crippen molar-refractivity contribution in [3.63, 3.8) is 0 Å². The van der Waals surface area contributed by atoms with Crippen molar-refractivity contribution in [3.05, 3.63) is 69.3 Å². The number of urea groups is 1. The Balaban J connectivity index is 2.14. The van der Waals surface area contributed by atoms with Crippen LogP contribution in [0.25, 0.3) is 0 Å². The van der Waals surface area contributed by atoms with E-state index in [1.165, 1.54) is 30.3 Å². The minimum absolute atomic E-state index is 0.0633. The third-order valence-corrected chi connectivity index (χ3v) is 6.44. The first-order valence-electron chi connectivity index (χ1n) is 14.5. The molecule has 0 heterocycles. The summed E-state index contributed by atoms with van der Waals surface area (Å²) in [5.41, 5.74) is 5.64. The maximum atomic E-state index is 13.6. The lowest BCUT2D eigenvalue weighted by Gasteiger charge is -2.27. The predicted molar refractivity (Wildman–Crippen MR) is 166 cm³/mol. The normalized spacial score (nSPS) is 12.3. The number of nitro benzene ring substituents is 1. The number of amides is 4. The van der Waals surface area contributed by atoms with Gasteiger partial charge in [0.15, 0.2) is 5.78 Å². The van der Waals surface area contributed by atoms with Crippen LogP contribution in [0.4, 0.5) is 20.1 Å². The van der Waals surface area contributed by atoms with Gasteiger partial charge in [0.1, 0.15) is 24.0 Å². The third-order valence-electron chi connectivity index (χ3n) is 6.44. The first-order valence-corrected chi connectivity index (χ1v) is 14.5. The van der Waals surface area contributed by atoms with Crippen LogP contribution in [0.3, 0.4) is 0 Å². The van der Waals surface area contributed by atoms with E-state index in [2.05, 4.69) is 16.0 Å². The number of nitrogens with one attached hydrogen (secondary N) is 3. The van der Waals surface area contributed by atoms with Gasteiger partial charge in [-0.05, 0) is 75.8 Å². The Labute approximate surface area is 266 Å². The molecule has 2 aromatic carbocycles. The number of ketones is 1. The maximum absolute atomic E-state index is 13.6. The van der Waals surface area contributed by atoms with Crippen molar-refractivity contribution in [2.45, 2.75) is 78.7 Å². The van der Waals surface area contributed by atoms with Crippen molar-refractivity contribution < 1.29 is 43.1 Å². The van der Waals surface area contributed by atoms with E-state index in [1.807, 2.05) is 0 Å². The molecule has 0 aliphatic heterocycles. The number of aryl methyl sites for hydroxylation is 1. The predicted octanol–water partition coefficient (Wildman–Crippen LogP) is 4.28. The van der Waals surface area contributed by atoms with E-state index in [-0.39, 0.29) is 42.5 Å². The highest BCUT2D eigenvalue weighted by atomic mass is 16.7. The summed E-state index contributed by atoms with van der Waals surface area (Å²) in [5, 5.41) is 18.5. The van der Waals surface area contributed by atoms with Gasteiger partial charge in [0.2, 0.25) is 5.91 Å². The van der Waals surface area contributed by atoms with E-state index in [1.54, 1.807) is 53.7 Å². The van der Waals surface area contributed by atoms with Crippen LogP contribution in [0.2, 0.25) is 0 Å². The van der Waals surface area contributed by atoms with E-state index in [9.17, 15) is 34.1 Å². The van der Waals surface area contributed by atoms with E-state index in [0.717, 1.165) is 0 Å². The smallest absolute Gasteiger partial charge is 0.444 e. The molecule has 2 rings (SSSR count). The van der Waals surface area contributed by atoms with Crippen LogP contribution in [-0.2, 0) is 20.9 Å². The zero-order valence-electron chi connectivity index (χ0n) is 26.7. The fourth-order valence-electron chi connectivity index (χ4n) is 4.13. The molecular formula is C31H41N5O10. The summed E-state index contributed by atoms with van der Waals surface area (Å²) in [7, 11) is 0. The van der Waals surface area contributed by atoms with Crippen LogP contribution in [0.5, 0.6) is 5.75 Å². The Kier molecular flexibility index (Phi) is 13.5. The van der Waals surface area contributed by atoms with Crippen LogP contribution in [-0.4, -0.2) is 59.1 Å². The number of hydrogen-bond donors (Lipinski definition) is 4. The Morgan fingerprint density at radius 3 is 2.20 bits per heavy atom. The lowest BCUT2D eigenvalue weighted by molar-refractivity contribution is -0.384. The Morgan fingerprint density at radius 1 is 1.00 bits per heavy atom. The molecule has 5 N–H and O–H groups in total. The monoisotopic (exact) mass is 643 g/mol. The maximum Gasteiger partial charge on any atom is 0.514 e. The molecule has 4 amide bonds. The van der Waals surface area contributed by atoms with Crippen molar-refractivity contribution >= 4 is 35.7 Å². The number of nitro groups is 1. The van der Waals surface area contributed by atoms with Crippen LogP contribution in [0.15, 0.2) is 42.5 Å². The van der Waals surface area contributed by atoms with Gasteiger partial charge >= 0.3 is 18.3 Å². The number of rotatable bonds is 14. The minimum Gasteiger partial charge on any atom is -0.444 e. The van der Waals surface area contributed by atoms with Crippen LogP contribution < -0.4 is 26.4 Å². The lowest BCUT2D eigenvalue weighted by Crippen LogP contribution is -2.54. The fraction of sp³-hybridized carbons (Fsp3) is 0.452. The van der Waals surface area contributed by atoms with Gasteiger partial charge in [-0.1, -0.05) is 26.0 Å². The largest absolute Gasteiger partial charge is 0.514 e. The summed E-state index contributed by atoms with van der Waals surface area (Å²) in [6, 6.07) is 6.87. The quantitative estimate of drug-likeness (QED) is 0.0571. The molecule has 15 heteroatoms. The first-order chi connectivity index (χ1) is 21.5. The lowest BCUT2D eigenvalue weighted by atomic mass is 9.95. The molecule has 250 valence electrons. The molecule has 0 radical (unpaired) electrons. The number of alkyl carbamates (subject to hydrolysis) is 1. The van der Waals surface area contributed by atoms with Gasteiger partial charge in [-0.15, -0.1) is 0 Å². The average molecular weight is 644 g/mol. The van der Waals surface area contributed by atoms with Crippen LogP contribution in [0.1, 0.15) is 68.9 Å². The molecule has 0 saturated heterocycles. The second-order valence-corrected chi connectivity index (χ2v) is 11.8. The van der Waals surface area contributed by atoms with E-state index in [4.69, 9.17) is 19.9 Å². The number of ether oxygens (including phenoxy) is 3. The van der Waals surface area contributed by atoms with Gasteiger partial charge in [0.25, 0.3) is 5.69 Å². The molecule has 0 aromatic heterocycles. The first kappa shape index (κ1) is 37.0. The fourth-order valence-corrected chi connectivity index (χ4v) is 4.13. The molecule has 15 nitrogen and oxygen atoms in total. The van der Waals surface area contributed by atoms with Gasteiger partial charge in [0, 0.05) is 24.2 Å². The number of non-ortho nitro benzene ring substituents is 1. The highest BCUT2D eigenvalue weighted by Gasteiger charge is 2.30. The zero-order chi connectivity index (χ0) is 34.6. The third kappa shape index (κ3) is 12.4. The topological polar surface area (TPSA) is 218 Å². The SMILES string of the molecule is Cc1cc(C(=O)[C@H](CCCNC(N)=O)NC(=O)[C@@H](NC(=O)OC(C)(C)C)C(C)C)ccc1COC(=O)Oc1ccc([N+](=O)[O-])cc1. The number of benzene rings is 2. The summed E-state index contributed by atoms with van der Waals surface area (Å²) < 4.78 is 15.5. The van der Waals surface area contributed by atoms with E-state index < -0.39 is 52.6 Å². The number of carbonyl (C=O) groups is 5. The Hall–Kier alpha value is -5.21. The molecule has 0 bridgehead atoms. The molecule has 2 aromatic rings. The molecule has 0 unspecified atom stereocenters. The molecule has 0 aliphatic rings. The second kappa shape index (κ2) is 16.7. The summed E-state index contributed by atoms with van der Waals surface area (Å²) >= 11 is 0. The Morgan fingerprint density at radius 2 is 1.65 bits per heavy atom. The average Bonchev–Trinajstić information content (AvgIpc) is 2.95. The molecule has 0 spiro atoms. The van der Waals surface area contributed by atoms with Crippen molar-refractivity contribution in [2.75, 3.05) is 6.54 Å². The summed E-state index contributed by atoms with van der Waals surface area (Å²) in [5.74, 6) is -1.28. The number of carbonyl (C=O) groups excluding carboxylic acids is 5. The van der Waals surface area contributed by atoms with Crippen molar-refractivity contribution in [3.8, 4) is 5.75 Å². The van der Waals surface area contributed by atoms with Crippen LogP contribution >= 0.6 is 0 Å². The molecule has 0 fully saturated rings. The molecule has 0 aliphatic carbocycles. The summed E-state index contributed by atoms with van der Waals surface area (Å²) in [4.78, 5) is 72.8. The number of Topliss-reactive ketones (excluding diaryl/α,β-unsaturated/α-hetero) is 1. The standard InChI is InChI=1S/C31H41N5O10/c1-18(2)25(35-29(40)46-31(4,5)6)27(38)34-24(8-7-15-33-28(32)39)26(37)20-9-10-21(19(3)16-20)17-44-30(41)45-23-13-11-22(12-14-23)36(42)43/h9-14,16,18,24-25H,7-8,15,17H2,1-6H3,(H,34,38)(H,35,40)(H3,32,33,39)/t24-,25-/m0/s1.